The highest BCUT2D eigenvalue weighted by Crippen LogP contribution is 2.63. The Morgan fingerprint density at radius 1 is 0.964 bits per heavy atom. The SMILES string of the molecule is C=CCOC12Oc3ccc(Oc4cccc([N+](=O)[O-])c4)cc3C3C(CCCCO)C(CCCCO)C=C(C(=NOCC)CC1Sc1ccc4ccccc4c1)C32. The van der Waals surface area contributed by atoms with Crippen LogP contribution < -0.4 is 9.47 Å². The van der Waals surface area contributed by atoms with E-state index in [2.05, 4.69) is 49.1 Å². The van der Waals surface area contributed by atoms with Gasteiger partial charge in [-0.15, -0.1) is 18.3 Å². The molecule has 294 valence electrons. The third kappa shape index (κ3) is 8.23. The van der Waals surface area contributed by atoms with E-state index >= 15 is 0 Å². The summed E-state index contributed by atoms with van der Waals surface area (Å²) in [5.41, 5.74) is 2.83. The van der Waals surface area contributed by atoms with E-state index in [1.165, 1.54) is 17.5 Å². The number of aliphatic hydroxyl groups is 2. The lowest BCUT2D eigenvalue weighted by Gasteiger charge is -2.58. The first-order valence-electron chi connectivity index (χ1n) is 19.7. The maximum atomic E-state index is 11.6. The summed E-state index contributed by atoms with van der Waals surface area (Å²) in [6, 6.07) is 26.8. The van der Waals surface area contributed by atoms with Gasteiger partial charge < -0.3 is 29.3 Å². The highest BCUT2D eigenvalue weighted by Gasteiger charge is 2.64. The molecule has 6 unspecified atom stereocenters. The summed E-state index contributed by atoms with van der Waals surface area (Å²) >= 11 is 1.73. The van der Waals surface area contributed by atoms with Crippen molar-refractivity contribution in [1.29, 1.82) is 0 Å². The standard InChI is InChI=1S/C45H50N2O8S/c1-3-24-52-45-42(56-36-20-18-30-12-5-6-13-31(30)25-36)29-40(46-53-4-2)38-26-32(14-7-9-22-48)37(17-8-10-23-49)43(44(38)45)39-28-35(19-21-41(39)55-45)54-34-16-11-15-33(27-34)47(50)51/h3,5-6,11-13,15-16,18-21,25-28,32,37,42-44,48-49H,1,4,7-10,14,17,22-24,29H2,2H3. The Balaban J connectivity index is 1.41. The van der Waals surface area contributed by atoms with E-state index in [0.717, 1.165) is 52.8 Å². The molecule has 2 N–H and O–H groups in total. The number of unbranched alkanes of at least 4 members (excludes halogenated alkanes) is 2. The van der Waals surface area contributed by atoms with Crippen LogP contribution in [-0.2, 0) is 9.57 Å². The Labute approximate surface area is 332 Å². The first-order chi connectivity index (χ1) is 27.4. The van der Waals surface area contributed by atoms with Crippen molar-refractivity contribution < 1.29 is 34.2 Å². The molecule has 56 heavy (non-hydrogen) atoms. The second-order valence-corrected chi connectivity index (χ2v) is 15.9. The largest absolute Gasteiger partial charge is 0.460 e. The van der Waals surface area contributed by atoms with Crippen molar-refractivity contribution in [2.24, 2.45) is 22.9 Å². The lowest BCUT2D eigenvalue weighted by molar-refractivity contribution is -0.384. The fraction of sp³-hybridized carbons (Fsp3) is 0.400. The number of fused-ring (bicyclic) bond motifs is 3. The van der Waals surface area contributed by atoms with Crippen LogP contribution in [-0.4, -0.2) is 58.3 Å². The van der Waals surface area contributed by atoms with Crippen molar-refractivity contribution in [2.45, 2.75) is 73.7 Å². The Morgan fingerprint density at radius 2 is 1.75 bits per heavy atom. The Bertz CT molecular complexity index is 2090. The van der Waals surface area contributed by atoms with Crippen LogP contribution in [0.2, 0.25) is 0 Å². The van der Waals surface area contributed by atoms with E-state index in [4.69, 9.17) is 24.2 Å². The van der Waals surface area contributed by atoms with Crippen LogP contribution in [0.15, 0.2) is 119 Å². The van der Waals surface area contributed by atoms with Crippen LogP contribution in [0, 0.1) is 27.9 Å². The minimum atomic E-state index is -1.13. The molecule has 1 heterocycles. The van der Waals surface area contributed by atoms with Gasteiger partial charge in [0, 0.05) is 42.1 Å². The number of nitro groups is 1. The molecule has 1 saturated carbocycles. The molecule has 1 fully saturated rings. The van der Waals surface area contributed by atoms with Gasteiger partial charge in [-0.3, -0.25) is 10.1 Å². The molecule has 6 atom stereocenters. The zero-order valence-electron chi connectivity index (χ0n) is 31.8. The quantitative estimate of drug-likeness (QED) is 0.0438. The van der Waals surface area contributed by atoms with Crippen LogP contribution in [0.25, 0.3) is 10.8 Å². The Hall–Kier alpha value is -4.68. The molecule has 4 aromatic carbocycles. The number of non-ortho nitro benzene ring substituents is 1. The predicted molar refractivity (Wildman–Crippen MR) is 220 cm³/mol. The zero-order valence-corrected chi connectivity index (χ0v) is 32.6. The molecular formula is C45H50N2O8S. The van der Waals surface area contributed by atoms with E-state index in [9.17, 15) is 20.3 Å². The summed E-state index contributed by atoms with van der Waals surface area (Å²) in [6.07, 6.45) is 9.47. The van der Waals surface area contributed by atoms with E-state index in [1.807, 2.05) is 31.2 Å². The van der Waals surface area contributed by atoms with Gasteiger partial charge in [0.1, 0.15) is 23.9 Å². The molecule has 0 spiro atoms. The molecule has 0 saturated heterocycles. The fourth-order valence-electron chi connectivity index (χ4n) is 8.83. The maximum Gasteiger partial charge on any atom is 0.273 e. The van der Waals surface area contributed by atoms with Crippen LogP contribution >= 0.6 is 11.8 Å². The van der Waals surface area contributed by atoms with Crippen molar-refractivity contribution in [3.63, 3.8) is 0 Å². The van der Waals surface area contributed by atoms with Gasteiger partial charge in [0.25, 0.3) is 5.69 Å². The lowest BCUT2D eigenvalue weighted by atomic mass is 9.56. The van der Waals surface area contributed by atoms with Crippen molar-refractivity contribution in [1.82, 2.24) is 0 Å². The third-order valence-corrected chi connectivity index (χ3v) is 12.5. The molecule has 4 aromatic rings. The van der Waals surface area contributed by atoms with Crippen LogP contribution in [0.1, 0.15) is 63.4 Å². The van der Waals surface area contributed by atoms with Crippen LogP contribution in [0.4, 0.5) is 5.69 Å². The summed E-state index contributed by atoms with van der Waals surface area (Å²) in [7, 11) is 0. The highest BCUT2D eigenvalue weighted by molar-refractivity contribution is 8.00. The highest BCUT2D eigenvalue weighted by atomic mass is 32.2. The van der Waals surface area contributed by atoms with E-state index in [1.54, 1.807) is 30.0 Å². The number of ether oxygens (including phenoxy) is 3. The molecule has 1 aliphatic heterocycles. The lowest BCUT2D eigenvalue weighted by Crippen LogP contribution is -2.64. The first kappa shape index (κ1) is 39.6. The summed E-state index contributed by atoms with van der Waals surface area (Å²) < 4.78 is 20.7. The Morgan fingerprint density at radius 3 is 2.52 bits per heavy atom. The Kier molecular flexibility index (Phi) is 12.8. The molecule has 11 heteroatoms. The van der Waals surface area contributed by atoms with Gasteiger partial charge in [0.2, 0.25) is 5.79 Å². The van der Waals surface area contributed by atoms with E-state index < -0.39 is 10.7 Å². The van der Waals surface area contributed by atoms with Gasteiger partial charge in [-0.1, -0.05) is 66.5 Å². The second kappa shape index (κ2) is 18.1. The fourth-order valence-corrected chi connectivity index (χ4v) is 10.2. The molecule has 2 aliphatic carbocycles. The number of hydrogen-bond donors (Lipinski definition) is 2. The number of nitro benzene ring substituents is 1. The van der Waals surface area contributed by atoms with Gasteiger partial charge in [-0.2, -0.15) is 0 Å². The number of allylic oxidation sites excluding steroid dienone is 1. The third-order valence-electron chi connectivity index (χ3n) is 11.2. The number of nitrogens with zero attached hydrogens (tertiary/aromatic N) is 2. The van der Waals surface area contributed by atoms with Crippen molar-refractivity contribution >= 4 is 33.9 Å². The molecule has 3 aliphatic rings. The second-order valence-electron chi connectivity index (χ2n) is 14.6. The maximum absolute atomic E-state index is 11.6. The number of oxime groups is 1. The topological polar surface area (TPSA) is 133 Å². The number of rotatable bonds is 18. The van der Waals surface area contributed by atoms with Gasteiger partial charge in [-0.25, -0.2) is 0 Å². The number of aliphatic hydroxyl groups excluding tert-OH is 2. The molecule has 0 bridgehead atoms. The summed E-state index contributed by atoms with van der Waals surface area (Å²) in [5, 5.41) is 38.1. The molecule has 10 nitrogen and oxygen atoms in total. The van der Waals surface area contributed by atoms with Gasteiger partial charge in [-0.05, 0) is 97.2 Å². The molecular weight excluding hydrogens is 729 g/mol. The average Bonchev–Trinajstić information content (AvgIpc) is 3.21. The van der Waals surface area contributed by atoms with Crippen molar-refractivity contribution in [2.75, 3.05) is 26.4 Å². The number of hydrogen-bond acceptors (Lipinski definition) is 10. The van der Waals surface area contributed by atoms with Crippen LogP contribution in [0.3, 0.4) is 0 Å². The zero-order chi connectivity index (χ0) is 39.1. The van der Waals surface area contributed by atoms with E-state index in [0.29, 0.717) is 43.1 Å². The number of thioether (sulfide) groups is 1. The minimum absolute atomic E-state index is 0.0528. The summed E-state index contributed by atoms with van der Waals surface area (Å²) in [6.45, 7) is 6.89. The molecule has 0 amide bonds. The van der Waals surface area contributed by atoms with Gasteiger partial charge in [0.05, 0.1) is 34.5 Å². The summed E-state index contributed by atoms with van der Waals surface area (Å²) in [5.74, 6) is 0.290. The predicted octanol–water partition coefficient (Wildman–Crippen LogP) is 9.99. The molecule has 0 radical (unpaired) electrons. The number of benzene rings is 4. The first-order valence-corrected chi connectivity index (χ1v) is 20.5. The van der Waals surface area contributed by atoms with Crippen LogP contribution in [0.5, 0.6) is 17.2 Å². The van der Waals surface area contributed by atoms with Gasteiger partial charge in [0.15, 0.2) is 0 Å². The van der Waals surface area contributed by atoms with Gasteiger partial charge >= 0.3 is 0 Å². The smallest absolute Gasteiger partial charge is 0.273 e. The molecule has 7 rings (SSSR count). The molecule has 0 aromatic heterocycles. The monoisotopic (exact) mass is 778 g/mol. The summed E-state index contributed by atoms with van der Waals surface area (Å²) in [4.78, 5) is 18.1. The van der Waals surface area contributed by atoms with E-state index in [-0.39, 0.29) is 54.4 Å². The van der Waals surface area contributed by atoms with Crippen molar-refractivity contribution in [3.05, 3.63) is 125 Å². The minimum Gasteiger partial charge on any atom is -0.460 e. The normalized spacial score (nSPS) is 24.4. The van der Waals surface area contributed by atoms with Crippen molar-refractivity contribution in [3.8, 4) is 17.2 Å². The average molecular weight is 779 g/mol.